The SMILES string of the molecule is NS(=O)(=O)CC(F)c1cccc(F)c1. The minimum atomic E-state index is -3.88. The maximum Gasteiger partial charge on any atom is 0.212 e. The highest BCUT2D eigenvalue weighted by molar-refractivity contribution is 7.89. The second-order valence-corrected chi connectivity index (χ2v) is 4.51. The first kappa shape index (κ1) is 11.1. The number of rotatable bonds is 3. The first-order valence-electron chi connectivity index (χ1n) is 3.78. The zero-order valence-corrected chi connectivity index (χ0v) is 7.97. The van der Waals surface area contributed by atoms with Crippen LogP contribution in [0.3, 0.4) is 0 Å². The molecule has 2 N–H and O–H groups in total. The van der Waals surface area contributed by atoms with Crippen molar-refractivity contribution in [3.63, 3.8) is 0 Å². The molecule has 0 aromatic heterocycles. The fourth-order valence-corrected chi connectivity index (χ4v) is 1.60. The van der Waals surface area contributed by atoms with Gasteiger partial charge in [0.1, 0.15) is 12.0 Å². The summed E-state index contributed by atoms with van der Waals surface area (Å²) in [5.41, 5.74) is -0.0287. The van der Waals surface area contributed by atoms with Crippen LogP contribution in [0.4, 0.5) is 8.78 Å². The molecule has 0 saturated carbocycles. The largest absolute Gasteiger partial charge is 0.241 e. The third-order valence-electron chi connectivity index (χ3n) is 1.59. The fraction of sp³-hybridized carbons (Fsp3) is 0.250. The standard InChI is InChI=1S/C8H9F2NO2S/c9-7-3-1-2-6(4-7)8(10)5-14(11,12)13/h1-4,8H,5H2,(H2,11,12,13). The van der Waals surface area contributed by atoms with E-state index in [1.54, 1.807) is 0 Å². The van der Waals surface area contributed by atoms with Crippen molar-refractivity contribution in [3.05, 3.63) is 35.6 Å². The van der Waals surface area contributed by atoms with Crippen molar-refractivity contribution in [2.75, 3.05) is 5.75 Å². The summed E-state index contributed by atoms with van der Waals surface area (Å²) in [6.07, 6.45) is -1.79. The van der Waals surface area contributed by atoms with Crippen LogP contribution in [0.15, 0.2) is 24.3 Å². The van der Waals surface area contributed by atoms with Gasteiger partial charge in [0, 0.05) is 0 Å². The smallest absolute Gasteiger partial charge is 0.212 e. The molecule has 1 aromatic carbocycles. The minimum Gasteiger partial charge on any atom is -0.241 e. The molecule has 14 heavy (non-hydrogen) atoms. The molecule has 0 amide bonds. The normalized spacial score (nSPS) is 13.9. The molecule has 0 aliphatic carbocycles. The van der Waals surface area contributed by atoms with Crippen LogP contribution in [-0.2, 0) is 10.0 Å². The van der Waals surface area contributed by atoms with Gasteiger partial charge >= 0.3 is 0 Å². The number of benzene rings is 1. The van der Waals surface area contributed by atoms with Crippen molar-refractivity contribution in [1.29, 1.82) is 0 Å². The zero-order valence-electron chi connectivity index (χ0n) is 7.15. The van der Waals surface area contributed by atoms with Gasteiger partial charge in [-0.25, -0.2) is 22.3 Å². The summed E-state index contributed by atoms with van der Waals surface area (Å²) in [5, 5.41) is 4.65. The molecule has 3 nitrogen and oxygen atoms in total. The van der Waals surface area contributed by atoms with Crippen LogP contribution in [0.1, 0.15) is 11.7 Å². The van der Waals surface area contributed by atoms with Crippen molar-refractivity contribution in [2.24, 2.45) is 5.14 Å². The van der Waals surface area contributed by atoms with Gasteiger partial charge in [-0.3, -0.25) is 0 Å². The summed E-state index contributed by atoms with van der Waals surface area (Å²) in [7, 11) is -3.88. The van der Waals surface area contributed by atoms with E-state index in [0.717, 1.165) is 12.1 Å². The molecule has 0 saturated heterocycles. The molecule has 1 unspecified atom stereocenters. The minimum absolute atomic E-state index is 0.0287. The van der Waals surface area contributed by atoms with E-state index in [4.69, 9.17) is 0 Å². The Morgan fingerprint density at radius 1 is 1.43 bits per heavy atom. The van der Waals surface area contributed by atoms with Gasteiger partial charge in [-0.15, -0.1) is 0 Å². The van der Waals surface area contributed by atoms with Crippen molar-refractivity contribution in [1.82, 2.24) is 0 Å². The van der Waals surface area contributed by atoms with E-state index in [9.17, 15) is 17.2 Å². The molecule has 1 atom stereocenters. The number of sulfonamides is 1. The first-order chi connectivity index (χ1) is 6.38. The van der Waals surface area contributed by atoms with Crippen molar-refractivity contribution >= 4 is 10.0 Å². The maximum atomic E-state index is 13.2. The predicted octanol–water partition coefficient (Wildman–Crippen LogP) is 1.12. The van der Waals surface area contributed by atoms with Crippen molar-refractivity contribution in [3.8, 4) is 0 Å². The van der Waals surface area contributed by atoms with Gasteiger partial charge in [0.25, 0.3) is 0 Å². The number of primary sulfonamides is 1. The highest BCUT2D eigenvalue weighted by Gasteiger charge is 2.16. The summed E-state index contributed by atoms with van der Waals surface area (Å²) in [4.78, 5) is 0. The number of alkyl halides is 1. The third kappa shape index (κ3) is 3.39. The number of hydrogen-bond donors (Lipinski definition) is 1. The number of hydrogen-bond acceptors (Lipinski definition) is 2. The second kappa shape index (κ2) is 4.02. The van der Waals surface area contributed by atoms with Crippen LogP contribution in [0, 0.1) is 5.82 Å². The lowest BCUT2D eigenvalue weighted by molar-refractivity contribution is 0.373. The van der Waals surface area contributed by atoms with E-state index < -0.39 is 27.8 Å². The average Bonchev–Trinajstić information content (AvgIpc) is 2.01. The lowest BCUT2D eigenvalue weighted by Crippen LogP contribution is -2.20. The highest BCUT2D eigenvalue weighted by Crippen LogP contribution is 2.19. The van der Waals surface area contributed by atoms with Crippen LogP contribution >= 0.6 is 0 Å². The first-order valence-corrected chi connectivity index (χ1v) is 5.50. The van der Waals surface area contributed by atoms with Gasteiger partial charge < -0.3 is 0 Å². The molecule has 0 radical (unpaired) electrons. The van der Waals surface area contributed by atoms with Gasteiger partial charge in [0.2, 0.25) is 10.0 Å². The van der Waals surface area contributed by atoms with Gasteiger partial charge in [0.15, 0.2) is 0 Å². The van der Waals surface area contributed by atoms with E-state index in [1.165, 1.54) is 12.1 Å². The summed E-state index contributed by atoms with van der Waals surface area (Å²) in [6, 6.07) is 4.70. The Kier molecular flexibility index (Phi) is 3.17. The Hall–Kier alpha value is -1.01. The Labute approximate surface area is 80.6 Å². The molecular formula is C8H9F2NO2S. The van der Waals surface area contributed by atoms with Crippen LogP contribution in [0.2, 0.25) is 0 Å². The molecule has 0 heterocycles. The van der Waals surface area contributed by atoms with Crippen LogP contribution in [-0.4, -0.2) is 14.2 Å². The topological polar surface area (TPSA) is 60.2 Å². The van der Waals surface area contributed by atoms with Gasteiger partial charge in [0.05, 0.1) is 5.75 Å². The van der Waals surface area contributed by atoms with Gasteiger partial charge in [-0.05, 0) is 17.7 Å². The fourth-order valence-electron chi connectivity index (χ4n) is 1.00. The van der Waals surface area contributed by atoms with E-state index in [1.807, 2.05) is 0 Å². The van der Waals surface area contributed by atoms with E-state index >= 15 is 0 Å². The molecule has 0 aliphatic heterocycles. The van der Waals surface area contributed by atoms with E-state index in [0.29, 0.717) is 0 Å². The average molecular weight is 221 g/mol. The second-order valence-electron chi connectivity index (χ2n) is 2.85. The number of halogens is 2. The lowest BCUT2D eigenvalue weighted by Gasteiger charge is -2.06. The summed E-state index contributed by atoms with van der Waals surface area (Å²) >= 11 is 0. The summed E-state index contributed by atoms with van der Waals surface area (Å²) in [6.45, 7) is 0. The van der Waals surface area contributed by atoms with Crippen molar-refractivity contribution < 1.29 is 17.2 Å². The third-order valence-corrected chi connectivity index (χ3v) is 2.35. The Morgan fingerprint density at radius 2 is 2.07 bits per heavy atom. The molecule has 1 rings (SSSR count). The summed E-state index contributed by atoms with van der Waals surface area (Å²) < 4.78 is 46.9. The molecule has 0 aliphatic rings. The lowest BCUT2D eigenvalue weighted by atomic mass is 10.1. The Morgan fingerprint density at radius 3 is 2.57 bits per heavy atom. The Balaban J connectivity index is 2.85. The van der Waals surface area contributed by atoms with E-state index in [-0.39, 0.29) is 5.56 Å². The molecule has 0 spiro atoms. The summed E-state index contributed by atoms with van der Waals surface area (Å²) in [5.74, 6) is -1.45. The zero-order chi connectivity index (χ0) is 10.8. The quantitative estimate of drug-likeness (QED) is 0.831. The van der Waals surface area contributed by atoms with E-state index in [2.05, 4.69) is 5.14 Å². The van der Waals surface area contributed by atoms with Gasteiger partial charge in [-0.2, -0.15) is 0 Å². The van der Waals surface area contributed by atoms with Crippen LogP contribution < -0.4 is 5.14 Å². The van der Waals surface area contributed by atoms with Crippen molar-refractivity contribution in [2.45, 2.75) is 6.17 Å². The molecule has 0 bridgehead atoms. The maximum absolute atomic E-state index is 13.2. The van der Waals surface area contributed by atoms with Crippen LogP contribution in [0.5, 0.6) is 0 Å². The molecule has 78 valence electrons. The highest BCUT2D eigenvalue weighted by atomic mass is 32.2. The molecule has 6 heteroatoms. The van der Waals surface area contributed by atoms with Gasteiger partial charge in [-0.1, -0.05) is 12.1 Å². The molecule has 0 fully saturated rings. The molecule has 1 aromatic rings. The monoisotopic (exact) mass is 221 g/mol. The molecular weight excluding hydrogens is 212 g/mol. The number of nitrogens with two attached hydrogens (primary N) is 1. The van der Waals surface area contributed by atoms with Crippen LogP contribution in [0.25, 0.3) is 0 Å². The predicted molar refractivity (Wildman–Crippen MR) is 48.2 cm³/mol. The Bertz CT molecular complexity index is 419.